The predicted molar refractivity (Wildman–Crippen MR) is 68.7 cm³/mol. The van der Waals surface area contributed by atoms with Gasteiger partial charge in [-0.15, -0.1) is 0 Å². The Morgan fingerprint density at radius 3 is 2.79 bits per heavy atom. The summed E-state index contributed by atoms with van der Waals surface area (Å²) in [5.41, 5.74) is 0.592. The zero-order valence-corrected chi connectivity index (χ0v) is 10.7. The van der Waals surface area contributed by atoms with Crippen LogP contribution in [0.4, 0.5) is 0 Å². The molecule has 0 bridgehead atoms. The lowest BCUT2D eigenvalue weighted by molar-refractivity contribution is 0.0624. The Kier molecular flexibility index (Phi) is 3.55. The zero-order chi connectivity index (χ0) is 13.1. The molecule has 5 nitrogen and oxygen atoms in total. The van der Waals surface area contributed by atoms with Gasteiger partial charge in [-0.1, -0.05) is 0 Å². The van der Waals surface area contributed by atoms with Gasteiger partial charge in [-0.25, -0.2) is 0 Å². The lowest BCUT2D eigenvalue weighted by atomic mass is 10.1. The summed E-state index contributed by atoms with van der Waals surface area (Å²) in [6.07, 6.45) is 1.96. The summed E-state index contributed by atoms with van der Waals surface area (Å²) in [5, 5.41) is 2.98. The second-order valence-electron chi connectivity index (χ2n) is 4.75. The molecule has 3 rings (SSSR count). The Bertz CT molecular complexity index is 469. The summed E-state index contributed by atoms with van der Waals surface area (Å²) >= 11 is 0. The molecule has 0 radical (unpaired) electrons. The molecule has 0 aliphatic carbocycles. The van der Waals surface area contributed by atoms with Crippen LogP contribution >= 0.6 is 0 Å². The molecule has 1 fully saturated rings. The van der Waals surface area contributed by atoms with E-state index in [9.17, 15) is 4.79 Å². The first-order valence-electron chi connectivity index (χ1n) is 6.61. The maximum Gasteiger partial charge on any atom is 0.251 e. The van der Waals surface area contributed by atoms with Crippen LogP contribution in [-0.4, -0.2) is 38.4 Å². The average Bonchev–Trinajstić information content (AvgIpc) is 2.48. The lowest BCUT2D eigenvalue weighted by Crippen LogP contribution is -2.40. The number of ether oxygens (including phenoxy) is 3. The first kappa shape index (κ1) is 12.3. The molecule has 0 saturated carbocycles. The Labute approximate surface area is 111 Å². The molecule has 102 valence electrons. The fourth-order valence-electron chi connectivity index (χ4n) is 2.31. The van der Waals surface area contributed by atoms with Gasteiger partial charge in [-0.3, -0.25) is 4.79 Å². The molecule has 1 aromatic rings. The standard InChI is InChI=1S/C14H17NO4/c16-14(15-11-2-1-5-17-9-11)10-3-4-12-13(8-10)19-7-6-18-12/h3-4,8,11H,1-2,5-7,9H2,(H,15,16)/t11-/m0/s1. The Morgan fingerprint density at radius 2 is 2.00 bits per heavy atom. The summed E-state index contributed by atoms with van der Waals surface area (Å²) in [6.45, 7) is 2.46. The highest BCUT2D eigenvalue weighted by Gasteiger charge is 2.19. The topological polar surface area (TPSA) is 56.8 Å². The third-order valence-electron chi connectivity index (χ3n) is 3.30. The van der Waals surface area contributed by atoms with Crippen molar-refractivity contribution in [2.24, 2.45) is 0 Å². The van der Waals surface area contributed by atoms with E-state index in [2.05, 4.69) is 5.32 Å². The van der Waals surface area contributed by atoms with Gasteiger partial charge >= 0.3 is 0 Å². The van der Waals surface area contributed by atoms with Gasteiger partial charge in [0.05, 0.1) is 12.6 Å². The van der Waals surface area contributed by atoms with Crippen molar-refractivity contribution in [1.29, 1.82) is 0 Å². The van der Waals surface area contributed by atoms with Crippen LogP contribution in [0, 0.1) is 0 Å². The molecule has 0 unspecified atom stereocenters. The molecular formula is C14H17NO4. The maximum atomic E-state index is 12.1. The number of benzene rings is 1. The van der Waals surface area contributed by atoms with E-state index in [1.807, 2.05) is 0 Å². The van der Waals surface area contributed by atoms with Crippen LogP contribution in [0.25, 0.3) is 0 Å². The van der Waals surface area contributed by atoms with E-state index in [1.54, 1.807) is 18.2 Å². The number of rotatable bonds is 2. The van der Waals surface area contributed by atoms with E-state index in [0.29, 0.717) is 36.9 Å². The molecule has 2 heterocycles. The third-order valence-corrected chi connectivity index (χ3v) is 3.30. The molecule has 1 atom stereocenters. The monoisotopic (exact) mass is 263 g/mol. The number of fused-ring (bicyclic) bond motifs is 1. The van der Waals surface area contributed by atoms with Gasteiger partial charge in [0.25, 0.3) is 5.91 Å². The van der Waals surface area contributed by atoms with Crippen molar-refractivity contribution in [1.82, 2.24) is 5.32 Å². The van der Waals surface area contributed by atoms with Gasteiger partial charge in [-0.2, -0.15) is 0 Å². The van der Waals surface area contributed by atoms with E-state index in [0.717, 1.165) is 19.4 Å². The minimum Gasteiger partial charge on any atom is -0.486 e. The highest BCUT2D eigenvalue weighted by Crippen LogP contribution is 2.30. The first-order chi connectivity index (χ1) is 9.33. The van der Waals surface area contributed by atoms with Crippen LogP contribution in [0.3, 0.4) is 0 Å². The molecule has 2 aliphatic rings. The summed E-state index contributed by atoms with van der Waals surface area (Å²) in [7, 11) is 0. The smallest absolute Gasteiger partial charge is 0.251 e. The average molecular weight is 263 g/mol. The largest absolute Gasteiger partial charge is 0.486 e. The Balaban J connectivity index is 1.69. The van der Waals surface area contributed by atoms with Gasteiger partial charge in [0.1, 0.15) is 13.2 Å². The van der Waals surface area contributed by atoms with Crippen molar-refractivity contribution in [3.63, 3.8) is 0 Å². The van der Waals surface area contributed by atoms with Crippen molar-refractivity contribution >= 4 is 5.91 Å². The molecule has 2 aliphatic heterocycles. The van der Waals surface area contributed by atoms with Crippen LogP contribution in [0.5, 0.6) is 11.5 Å². The summed E-state index contributed by atoms with van der Waals surface area (Å²) in [6, 6.07) is 5.37. The molecule has 0 aromatic heterocycles. The summed E-state index contributed by atoms with van der Waals surface area (Å²) in [5.74, 6) is 1.25. The number of hydrogen-bond acceptors (Lipinski definition) is 4. The first-order valence-corrected chi connectivity index (χ1v) is 6.61. The molecular weight excluding hydrogens is 246 g/mol. The van der Waals surface area contributed by atoms with Crippen molar-refractivity contribution in [2.75, 3.05) is 26.4 Å². The zero-order valence-electron chi connectivity index (χ0n) is 10.7. The van der Waals surface area contributed by atoms with Crippen LogP contribution in [0.15, 0.2) is 18.2 Å². The fraction of sp³-hybridized carbons (Fsp3) is 0.500. The van der Waals surface area contributed by atoms with Crippen LogP contribution in [-0.2, 0) is 4.74 Å². The Hall–Kier alpha value is -1.75. The minimum atomic E-state index is -0.0903. The second kappa shape index (κ2) is 5.48. The van der Waals surface area contributed by atoms with Crippen molar-refractivity contribution in [3.8, 4) is 11.5 Å². The molecule has 19 heavy (non-hydrogen) atoms. The van der Waals surface area contributed by atoms with E-state index < -0.39 is 0 Å². The van der Waals surface area contributed by atoms with Gasteiger partial charge in [0, 0.05) is 12.2 Å². The molecule has 1 saturated heterocycles. The third kappa shape index (κ3) is 2.81. The molecule has 0 spiro atoms. The van der Waals surface area contributed by atoms with Gasteiger partial charge in [0.2, 0.25) is 0 Å². The van der Waals surface area contributed by atoms with Gasteiger partial charge in [0.15, 0.2) is 11.5 Å². The van der Waals surface area contributed by atoms with Gasteiger partial charge in [-0.05, 0) is 31.0 Å². The van der Waals surface area contributed by atoms with Crippen molar-refractivity contribution in [3.05, 3.63) is 23.8 Å². The molecule has 1 amide bonds. The highest BCUT2D eigenvalue weighted by atomic mass is 16.6. The molecule has 5 heteroatoms. The van der Waals surface area contributed by atoms with Crippen LogP contribution < -0.4 is 14.8 Å². The normalized spacial score (nSPS) is 21.8. The minimum absolute atomic E-state index is 0.0903. The van der Waals surface area contributed by atoms with E-state index in [1.165, 1.54) is 0 Å². The SMILES string of the molecule is O=C(N[C@H]1CCCOC1)c1ccc2c(c1)OCCO2. The van der Waals surface area contributed by atoms with Crippen LogP contribution in [0.2, 0.25) is 0 Å². The number of hydrogen-bond donors (Lipinski definition) is 1. The highest BCUT2D eigenvalue weighted by molar-refractivity contribution is 5.95. The lowest BCUT2D eigenvalue weighted by Gasteiger charge is -2.23. The number of amides is 1. The van der Waals surface area contributed by atoms with Crippen molar-refractivity contribution in [2.45, 2.75) is 18.9 Å². The Morgan fingerprint density at radius 1 is 1.16 bits per heavy atom. The number of carbonyl (C=O) groups is 1. The van der Waals surface area contributed by atoms with Crippen LogP contribution in [0.1, 0.15) is 23.2 Å². The predicted octanol–water partition coefficient (Wildman–Crippen LogP) is 1.37. The maximum absolute atomic E-state index is 12.1. The second-order valence-corrected chi connectivity index (χ2v) is 4.75. The number of nitrogens with one attached hydrogen (secondary N) is 1. The number of carbonyl (C=O) groups excluding carboxylic acids is 1. The molecule has 1 N–H and O–H groups in total. The van der Waals surface area contributed by atoms with E-state index in [4.69, 9.17) is 14.2 Å². The summed E-state index contributed by atoms with van der Waals surface area (Å²) in [4.78, 5) is 12.1. The fourth-order valence-corrected chi connectivity index (χ4v) is 2.31. The molecule has 1 aromatic carbocycles. The van der Waals surface area contributed by atoms with E-state index in [-0.39, 0.29) is 11.9 Å². The van der Waals surface area contributed by atoms with E-state index >= 15 is 0 Å². The van der Waals surface area contributed by atoms with Crippen molar-refractivity contribution < 1.29 is 19.0 Å². The quantitative estimate of drug-likeness (QED) is 0.875. The summed E-state index contributed by atoms with van der Waals surface area (Å²) < 4.78 is 16.3. The van der Waals surface area contributed by atoms with Gasteiger partial charge < -0.3 is 19.5 Å².